The molecule has 0 bridgehead atoms. The van der Waals surface area contributed by atoms with Crippen LogP contribution in [0.4, 0.5) is 0 Å². The van der Waals surface area contributed by atoms with Gasteiger partial charge >= 0.3 is 0 Å². The van der Waals surface area contributed by atoms with Crippen LogP contribution in [-0.2, 0) is 4.74 Å². The van der Waals surface area contributed by atoms with Crippen LogP contribution in [0.3, 0.4) is 0 Å². The van der Waals surface area contributed by atoms with E-state index in [-0.39, 0.29) is 6.61 Å². The molecular weight excluding hydrogens is 278 g/mol. The quantitative estimate of drug-likeness (QED) is 0.848. The summed E-state index contributed by atoms with van der Waals surface area (Å²) in [7, 11) is 0. The smallest absolute Gasteiger partial charge is 0.178 e. The van der Waals surface area contributed by atoms with Gasteiger partial charge in [0.25, 0.3) is 0 Å². The summed E-state index contributed by atoms with van der Waals surface area (Å²) in [6.07, 6.45) is 0.0375. The Bertz CT molecular complexity index is 339. The Morgan fingerprint density at radius 1 is 1.73 bits per heavy atom. The largest absolute Gasteiger partial charge is 0.396 e. The first-order valence-corrected chi connectivity index (χ1v) is 6.18. The van der Waals surface area contributed by atoms with E-state index in [2.05, 4.69) is 22.0 Å². The maximum absolute atomic E-state index is 8.93. The highest BCUT2D eigenvalue weighted by molar-refractivity contribution is 9.10. The van der Waals surface area contributed by atoms with Gasteiger partial charge in [-0.1, -0.05) is 0 Å². The summed E-state index contributed by atoms with van der Waals surface area (Å²) in [6.45, 7) is 2.48. The van der Waals surface area contributed by atoms with E-state index in [1.165, 1.54) is 0 Å². The molecular formula is C10H12BrNO2S. The summed E-state index contributed by atoms with van der Waals surface area (Å²) in [6, 6.07) is 4.01. The van der Waals surface area contributed by atoms with Crippen molar-refractivity contribution in [3.8, 4) is 6.07 Å². The van der Waals surface area contributed by atoms with E-state index in [1.807, 2.05) is 13.0 Å². The van der Waals surface area contributed by atoms with Crippen LogP contribution in [0, 0.1) is 18.3 Å². The second-order valence-electron chi connectivity index (χ2n) is 3.01. The molecule has 1 rings (SSSR count). The number of hydrogen-bond acceptors (Lipinski definition) is 4. The summed E-state index contributed by atoms with van der Waals surface area (Å²) < 4.78 is 6.36. The molecule has 1 aromatic rings. The maximum Gasteiger partial charge on any atom is 0.178 e. The normalized spacial score (nSPS) is 12.4. The lowest BCUT2D eigenvalue weighted by atomic mass is 10.3. The molecule has 0 aromatic carbocycles. The van der Waals surface area contributed by atoms with Crippen LogP contribution in [0.1, 0.15) is 22.3 Å². The third-order valence-corrected chi connectivity index (χ3v) is 4.02. The zero-order valence-electron chi connectivity index (χ0n) is 8.36. The molecule has 0 aliphatic rings. The predicted molar refractivity (Wildman–Crippen MR) is 62.8 cm³/mol. The number of thiophene rings is 1. The lowest BCUT2D eigenvalue weighted by molar-refractivity contribution is 0.0794. The third kappa shape index (κ3) is 3.58. The highest BCUT2D eigenvalue weighted by Gasteiger charge is 2.14. The van der Waals surface area contributed by atoms with Crippen LogP contribution in [0.2, 0.25) is 0 Å². The Labute approximate surface area is 101 Å². The third-order valence-electron chi connectivity index (χ3n) is 1.84. The predicted octanol–water partition coefficient (Wildman–Crippen LogP) is 2.78. The van der Waals surface area contributed by atoms with Crippen LogP contribution in [0.25, 0.3) is 0 Å². The van der Waals surface area contributed by atoms with Gasteiger partial charge in [0.15, 0.2) is 6.10 Å². The molecule has 1 atom stereocenters. The molecule has 5 heteroatoms. The highest BCUT2D eigenvalue weighted by Crippen LogP contribution is 2.31. The second kappa shape index (κ2) is 6.23. The molecule has 1 heterocycles. The fourth-order valence-corrected chi connectivity index (χ4v) is 2.61. The van der Waals surface area contributed by atoms with Crippen molar-refractivity contribution in [3.05, 3.63) is 20.3 Å². The van der Waals surface area contributed by atoms with Crippen molar-refractivity contribution in [3.63, 3.8) is 0 Å². The minimum atomic E-state index is -0.522. The van der Waals surface area contributed by atoms with E-state index in [0.29, 0.717) is 13.0 Å². The van der Waals surface area contributed by atoms with E-state index < -0.39 is 6.10 Å². The number of rotatable bonds is 5. The van der Waals surface area contributed by atoms with E-state index >= 15 is 0 Å². The van der Waals surface area contributed by atoms with Gasteiger partial charge in [0.1, 0.15) is 6.07 Å². The van der Waals surface area contributed by atoms with Gasteiger partial charge in [0, 0.05) is 20.8 Å². The summed E-state index contributed by atoms with van der Waals surface area (Å²) >= 11 is 4.95. The van der Waals surface area contributed by atoms with Crippen LogP contribution in [0.15, 0.2) is 10.5 Å². The van der Waals surface area contributed by atoms with Crippen LogP contribution in [-0.4, -0.2) is 18.3 Å². The number of aryl methyl sites for hydroxylation is 1. The Morgan fingerprint density at radius 3 is 2.93 bits per heavy atom. The Kier molecular flexibility index (Phi) is 5.26. The van der Waals surface area contributed by atoms with Crippen molar-refractivity contribution in [1.29, 1.82) is 5.26 Å². The molecule has 82 valence electrons. The number of nitriles is 1. The number of aliphatic hydroxyl groups is 1. The maximum atomic E-state index is 8.93. The van der Waals surface area contributed by atoms with Gasteiger partial charge < -0.3 is 9.84 Å². The average molecular weight is 290 g/mol. The minimum absolute atomic E-state index is 0.0886. The van der Waals surface area contributed by atoms with Crippen molar-refractivity contribution < 1.29 is 9.84 Å². The first-order valence-electron chi connectivity index (χ1n) is 4.57. The van der Waals surface area contributed by atoms with Gasteiger partial charge in [-0.2, -0.15) is 5.26 Å². The van der Waals surface area contributed by atoms with Gasteiger partial charge in [-0.3, -0.25) is 0 Å². The number of nitrogens with zero attached hydrogens (tertiary/aromatic N) is 1. The fraction of sp³-hybridized carbons (Fsp3) is 0.500. The first kappa shape index (κ1) is 12.7. The van der Waals surface area contributed by atoms with Crippen molar-refractivity contribution in [1.82, 2.24) is 0 Å². The van der Waals surface area contributed by atoms with Gasteiger partial charge in [-0.25, -0.2) is 0 Å². The number of ether oxygens (including phenoxy) is 1. The molecule has 0 amide bonds. The number of aliphatic hydroxyl groups excluding tert-OH is 1. The lowest BCUT2D eigenvalue weighted by Crippen LogP contribution is -2.03. The van der Waals surface area contributed by atoms with Crippen molar-refractivity contribution >= 4 is 27.3 Å². The molecule has 15 heavy (non-hydrogen) atoms. The van der Waals surface area contributed by atoms with Crippen molar-refractivity contribution in [2.24, 2.45) is 0 Å². The Balaban J connectivity index is 2.63. The average Bonchev–Trinajstić information content (AvgIpc) is 2.54. The standard InChI is InChI=1S/C10H12BrNO2S/c1-7-8(11)5-10(15-7)9(6-12)14-4-2-3-13/h5,9,13H,2-4H2,1H3. The van der Waals surface area contributed by atoms with Gasteiger partial charge in [0.05, 0.1) is 6.61 Å². The molecule has 0 spiro atoms. The van der Waals surface area contributed by atoms with Gasteiger partial charge in [-0.05, 0) is 35.3 Å². The topological polar surface area (TPSA) is 53.2 Å². The second-order valence-corrected chi connectivity index (χ2v) is 5.15. The summed E-state index contributed by atoms with van der Waals surface area (Å²) in [5.41, 5.74) is 0. The van der Waals surface area contributed by atoms with Gasteiger partial charge in [-0.15, -0.1) is 11.3 Å². The van der Waals surface area contributed by atoms with Crippen molar-refractivity contribution in [2.45, 2.75) is 19.4 Å². The number of halogens is 1. The fourth-order valence-electron chi connectivity index (χ4n) is 1.06. The SMILES string of the molecule is Cc1sc(C(C#N)OCCCO)cc1Br. The Hall–Kier alpha value is -0.410. The molecule has 1 aromatic heterocycles. The minimum Gasteiger partial charge on any atom is -0.396 e. The van der Waals surface area contributed by atoms with Crippen LogP contribution < -0.4 is 0 Å². The summed E-state index contributed by atoms with van der Waals surface area (Å²) in [5, 5.41) is 17.5. The van der Waals surface area contributed by atoms with E-state index in [0.717, 1.165) is 14.2 Å². The zero-order chi connectivity index (χ0) is 11.3. The van der Waals surface area contributed by atoms with Crippen LogP contribution >= 0.6 is 27.3 Å². The van der Waals surface area contributed by atoms with E-state index in [9.17, 15) is 0 Å². The molecule has 0 aliphatic heterocycles. The summed E-state index contributed by atoms with van der Waals surface area (Å²) in [5.74, 6) is 0. The molecule has 0 fully saturated rings. The number of hydrogen-bond donors (Lipinski definition) is 1. The molecule has 1 N–H and O–H groups in total. The first-order chi connectivity index (χ1) is 7.19. The Morgan fingerprint density at radius 2 is 2.47 bits per heavy atom. The van der Waals surface area contributed by atoms with Crippen LogP contribution in [0.5, 0.6) is 0 Å². The summed E-state index contributed by atoms with van der Waals surface area (Å²) in [4.78, 5) is 2.04. The molecule has 3 nitrogen and oxygen atoms in total. The van der Waals surface area contributed by atoms with E-state index in [4.69, 9.17) is 15.1 Å². The van der Waals surface area contributed by atoms with Crippen molar-refractivity contribution in [2.75, 3.05) is 13.2 Å². The lowest BCUT2D eigenvalue weighted by Gasteiger charge is -2.07. The van der Waals surface area contributed by atoms with Gasteiger partial charge in [0.2, 0.25) is 0 Å². The molecule has 0 saturated carbocycles. The zero-order valence-corrected chi connectivity index (χ0v) is 10.8. The molecule has 0 saturated heterocycles. The highest BCUT2D eigenvalue weighted by atomic mass is 79.9. The molecule has 1 unspecified atom stereocenters. The molecule has 0 aliphatic carbocycles. The van der Waals surface area contributed by atoms with E-state index in [1.54, 1.807) is 11.3 Å². The molecule has 0 radical (unpaired) electrons. The monoisotopic (exact) mass is 289 g/mol.